The summed E-state index contributed by atoms with van der Waals surface area (Å²) in [6.45, 7) is 2.95. The lowest BCUT2D eigenvalue weighted by Gasteiger charge is -2.12. The largest absolute Gasteiger partial charge is 0.378 e. The summed E-state index contributed by atoms with van der Waals surface area (Å²) in [6, 6.07) is 14.5. The Balaban J connectivity index is 2.27. The predicted octanol–water partition coefficient (Wildman–Crippen LogP) is 3.25. The van der Waals surface area contributed by atoms with Gasteiger partial charge in [0.2, 0.25) is 0 Å². The van der Waals surface area contributed by atoms with E-state index in [-0.39, 0.29) is 0 Å². The summed E-state index contributed by atoms with van der Waals surface area (Å²) >= 11 is 0. The first-order chi connectivity index (χ1) is 8.70. The highest BCUT2D eigenvalue weighted by Gasteiger charge is 2.01. The van der Waals surface area contributed by atoms with E-state index in [4.69, 9.17) is 0 Å². The van der Waals surface area contributed by atoms with Crippen molar-refractivity contribution in [3.63, 3.8) is 0 Å². The second-order valence-corrected chi connectivity index (χ2v) is 4.38. The summed E-state index contributed by atoms with van der Waals surface area (Å²) in [6.07, 6.45) is 0. The Morgan fingerprint density at radius 1 is 1.06 bits per heavy atom. The maximum absolute atomic E-state index is 4.58. The average Bonchev–Trinajstić information content (AvgIpc) is 2.39. The van der Waals surface area contributed by atoms with Crippen LogP contribution in [-0.4, -0.2) is 25.6 Å². The number of anilines is 2. The Morgan fingerprint density at radius 2 is 1.78 bits per heavy atom. The molecule has 0 amide bonds. The van der Waals surface area contributed by atoms with Crippen LogP contribution in [0.3, 0.4) is 0 Å². The van der Waals surface area contributed by atoms with Crippen molar-refractivity contribution in [3.05, 3.63) is 42.5 Å². The van der Waals surface area contributed by atoms with Crippen molar-refractivity contribution in [2.24, 2.45) is 0 Å². The smallest absolute Gasteiger partial charge is 0.126 e. The van der Waals surface area contributed by atoms with Crippen LogP contribution in [-0.2, 0) is 0 Å². The van der Waals surface area contributed by atoms with E-state index in [1.807, 2.05) is 32.3 Å². The zero-order valence-electron chi connectivity index (χ0n) is 11.1. The van der Waals surface area contributed by atoms with Crippen LogP contribution in [0.4, 0.5) is 11.5 Å². The fraction of sp³-hybridized carbons (Fsp3) is 0.267. The molecule has 3 nitrogen and oxygen atoms in total. The number of pyridine rings is 1. The number of nitrogens with zero attached hydrogens (tertiary/aromatic N) is 2. The van der Waals surface area contributed by atoms with Crippen LogP contribution in [0.2, 0.25) is 0 Å². The fourth-order valence-corrected chi connectivity index (χ4v) is 1.81. The molecule has 0 spiro atoms. The molecule has 0 atom stereocenters. The number of nitrogens with one attached hydrogen (secondary N) is 1. The van der Waals surface area contributed by atoms with E-state index >= 15 is 0 Å². The molecule has 0 aliphatic carbocycles. The molecule has 1 N–H and O–H groups in total. The van der Waals surface area contributed by atoms with Crippen LogP contribution < -0.4 is 10.2 Å². The SMILES string of the molecule is CCNc1cccc(-c2ccc(N(C)C)cc2)n1. The molecule has 1 aromatic heterocycles. The Hall–Kier alpha value is -2.03. The molecule has 94 valence electrons. The van der Waals surface area contributed by atoms with E-state index < -0.39 is 0 Å². The molecular weight excluding hydrogens is 222 g/mol. The summed E-state index contributed by atoms with van der Waals surface area (Å²) in [5.41, 5.74) is 3.33. The second kappa shape index (κ2) is 5.54. The monoisotopic (exact) mass is 241 g/mol. The Kier molecular flexibility index (Phi) is 3.82. The van der Waals surface area contributed by atoms with Crippen LogP contribution in [0.1, 0.15) is 6.92 Å². The van der Waals surface area contributed by atoms with Crippen molar-refractivity contribution in [1.29, 1.82) is 0 Å². The lowest BCUT2D eigenvalue weighted by Crippen LogP contribution is -2.08. The second-order valence-electron chi connectivity index (χ2n) is 4.38. The molecule has 0 bridgehead atoms. The van der Waals surface area contributed by atoms with E-state index in [2.05, 4.69) is 46.4 Å². The third kappa shape index (κ3) is 2.80. The highest BCUT2D eigenvalue weighted by Crippen LogP contribution is 2.21. The summed E-state index contributed by atoms with van der Waals surface area (Å²) < 4.78 is 0. The normalized spacial score (nSPS) is 10.2. The van der Waals surface area contributed by atoms with E-state index in [1.54, 1.807) is 0 Å². The minimum atomic E-state index is 0.885. The van der Waals surface area contributed by atoms with Gasteiger partial charge in [-0.25, -0.2) is 4.98 Å². The van der Waals surface area contributed by atoms with E-state index in [1.165, 1.54) is 5.69 Å². The highest BCUT2D eigenvalue weighted by molar-refractivity contribution is 5.64. The third-order valence-electron chi connectivity index (χ3n) is 2.79. The fourth-order valence-electron chi connectivity index (χ4n) is 1.81. The first-order valence-electron chi connectivity index (χ1n) is 6.19. The number of benzene rings is 1. The number of hydrogen-bond donors (Lipinski definition) is 1. The molecule has 0 radical (unpaired) electrons. The maximum Gasteiger partial charge on any atom is 0.126 e. The van der Waals surface area contributed by atoms with Crippen LogP contribution in [0, 0.1) is 0 Å². The van der Waals surface area contributed by atoms with Crippen LogP contribution >= 0.6 is 0 Å². The molecular formula is C15H19N3. The molecule has 0 aliphatic heterocycles. The zero-order chi connectivity index (χ0) is 13.0. The molecule has 0 saturated heterocycles. The van der Waals surface area contributed by atoms with Crippen LogP contribution in [0.25, 0.3) is 11.3 Å². The topological polar surface area (TPSA) is 28.2 Å². The van der Waals surface area contributed by atoms with Gasteiger partial charge in [-0.15, -0.1) is 0 Å². The van der Waals surface area contributed by atoms with Gasteiger partial charge in [-0.3, -0.25) is 0 Å². The van der Waals surface area contributed by atoms with Gasteiger partial charge in [0.1, 0.15) is 5.82 Å². The molecule has 0 aliphatic rings. The molecule has 2 rings (SSSR count). The van der Waals surface area contributed by atoms with Crippen molar-refractivity contribution < 1.29 is 0 Å². The third-order valence-corrected chi connectivity index (χ3v) is 2.79. The molecule has 3 heteroatoms. The first-order valence-corrected chi connectivity index (χ1v) is 6.19. The summed E-state index contributed by atoms with van der Waals surface area (Å²) in [5.74, 6) is 0.923. The summed E-state index contributed by atoms with van der Waals surface area (Å²) in [7, 11) is 4.08. The van der Waals surface area contributed by atoms with Crippen molar-refractivity contribution in [3.8, 4) is 11.3 Å². The predicted molar refractivity (Wildman–Crippen MR) is 78.2 cm³/mol. The number of hydrogen-bond acceptors (Lipinski definition) is 3. The highest BCUT2D eigenvalue weighted by atomic mass is 15.1. The summed E-state index contributed by atoms with van der Waals surface area (Å²) in [4.78, 5) is 6.67. The number of rotatable bonds is 4. The van der Waals surface area contributed by atoms with Gasteiger partial charge in [0.15, 0.2) is 0 Å². The van der Waals surface area contributed by atoms with E-state index in [9.17, 15) is 0 Å². The first kappa shape index (κ1) is 12.4. The Bertz CT molecular complexity index is 503. The van der Waals surface area contributed by atoms with Gasteiger partial charge < -0.3 is 10.2 Å². The molecule has 18 heavy (non-hydrogen) atoms. The van der Waals surface area contributed by atoms with E-state index in [0.29, 0.717) is 0 Å². The molecule has 1 aromatic carbocycles. The van der Waals surface area contributed by atoms with E-state index in [0.717, 1.165) is 23.6 Å². The van der Waals surface area contributed by atoms with Gasteiger partial charge in [-0.1, -0.05) is 18.2 Å². The summed E-state index contributed by atoms with van der Waals surface area (Å²) in [5, 5.41) is 3.23. The number of aromatic nitrogens is 1. The quantitative estimate of drug-likeness (QED) is 0.890. The van der Waals surface area contributed by atoms with Gasteiger partial charge in [0.25, 0.3) is 0 Å². The Morgan fingerprint density at radius 3 is 2.39 bits per heavy atom. The minimum absolute atomic E-state index is 0.885. The van der Waals surface area contributed by atoms with Crippen LogP contribution in [0.5, 0.6) is 0 Å². The maximum atomic E-state index is 4.58. The van der Waals surface area contributed by atoms with Gasteiger partial charge in [-0.2, -0.15) is 0 Å². The van der Waals surface area contributed by atoms with Crippen molar-refractivity contribution in [1.82, 2.24) is 4.98 Å². The zero-order valence-corrected chi connectivity index (χ0v) is 11.1. The lowest BCUT2D eigenvalue weighted by atomic mass is 10.1. The molecule has 2 aromatic rings. The minimum Gasteiger partial charge on any atom is -0.378 e. The van der Waals surface area contributed by atoms with Crippen molar-refractivity contribution >= 4 is 11.5 Å². The lowest BCUT2D eigenvalue weighted by molar-refractivity contribution is 1.13. The Labute approximate surface area is 108 Å². The van der Waals surface area contributed by atoms with Gasteiger partial charge in [-0.05, 0) is 31.2 Å². The molecule has 0 unspecified atom stereocenters. The standard InChI is InChI=1S/C15H19N3/c1-4-16-15-7-5-6-14(17-15)12-8-10-13(11-9-12)18(2)3/h5-11H,4H2,1-3H3,(H,16,17). The van der Waals surface area contributed by atoms with Crippen molar-refractivity contribution in [2.75, 3.05) is 30.9 Å². The molecule has 1 heterocycles. The van der Waals surface area contributed by atoms with Gasteiger partial charge >= 0.3 is 0 Å². The molecule has 0 saturated carbocycles. The average molecular weight is 241 g/mol. The van der Waals surface area contributed by atoms with Gasteiger partial charge in [0.05, 0.1) is 5.69 Å². The molecule has 0 fully saturated rings. The van der Waals surface area contributed by atoms with Gasteiger partial charge in [0, 0.05) is 31.9 Å². The van der Waals surface area contributed by atoms with Crippen LogP contribution in [0.15, 0.2) is 42.5 Å². The van der Waals surface area contributed by atoms with Crippen molar-refractivity contribution in [2.45, 2.75) is 6.92 Å².